The highest BCUT2D eigenvalue weighted by atomic mass is 32.1. The van der Waals surface area contributed by atoms with E-state index in [-0.39, 0.29) is 17.2 Å². The lowest BCUT2D eigenvalue weighted by Crippen LogP contribution is -2.02. The Bertz CT molecular complexity index is 1210. The lowest BCUT2D eigenvalue weighted by Gasteiger charge is -2.04. The second-order valence-corrected chi connectivity index (χ2v) is 7.00. The van der Waals surface area contributed by atoms with Crippen molar-refractivity contribution in [3.8, 4) is 17.2 Å². The van der Waals surface area contributed by atoms with E-state index in [0.29, 0.717) is 26.3 Å². The van der Waals surface area contributed by atoms with E-state index in [0.717, 1.165) is 11.1 Å². The van der Waals surface area contributed by atoms with Crippen molar-refractivity contribution in [2.24, 2.45) is 0 Å². The van der Waals surface area contributed by atoms with E-state index < -0.39 is 0 Å². The summed E-state index contributed by atoms with van der Waals surface area (Å²) in [7, 11) is 0. The smallest absolute Gasteiger partial charge is 0.205 e. The van der Waals surface area contributed by atoms with Crippen molar-refractivity contribution in [1.82, 2.24) is 4.98 Å². The highest BCUT2D eigenvalue weighted by molar-refractivity contribution is 7.21. The van der Waals surface area contributed by atoms with Crippen molar-refractivity contribution in [1.29, 1.82) is 5.26 Å². The SMILES string of the molecule is N#Cc1cc2c(N)c(C(=O)c3ccc(-c4ccccc4)cc3)sc2nc1N. The molecule has 0 saturated carbocycles. The van der Waals surface area contributed by atoms with Gasteiger partial charge < -0.3 is 11.5 Å². The summed E-state index contributed by atoms with van der Waals surface area (Å²) in [5.41, 5.74) is 15.2. The van der Waals surface area contributed by atoms with Gasteiger partial charge in [0.05, 0.1) is 11.3 Å². The molecule has 0 atom stereocenters. The van der Waals surface area contributed by atoms with E-state index >= 15 is 0 Å². The summed E-state index contributed by atoms with van der Waals surface area (Å²) in [6.07, 6.45) is 0. The number of nitrogen functional groups attached to an aromatic ring is 2. The van der Waals surface area contributed by atoms with E-state index in [1.807, 2.05) is 48.5 Å². The molecule has 2 aromatic heterocycles. The predicted octanol–water partition coefficient (Wildman–Crippen LogP) is 4.23. The Morgan fingerprint density at radius 2 is 1.67 bits per heavy atom. The molecule has 0 unspecified atom stereocenters. The molecule has 0 aliphatic carbocycles. The average molecular weight is 370 g/mol. The van der Waals surface area contributed by atoms with Gasteiger partial charge in [0.25, 0.3) is 0 Å². The van der Waals surface area contributed by atoms with Gasteiger partial charge in [0.2, 0.25) is 5.78 Å². The Morgan fingerprint density at radius 3 is 2.33 bits per heavy atom. The lowest BCUT2D eigenvalue weighted by molar-refractivity contribution is 0.104. The largest absolute Gasteiger partial charge is 0.397 e. The molecule has 0 fully saturated rings. The van der Waals surface area contributed by atoms with Crippen molar-refractivity contribution in [2.75, 3.05) is 11.5 Å². The van der Waals surface area contributed by atoms with Gasteiger partial charge >= 0.3 is 0 Å². The van der Waals surface area contributed by atoms with Gasteiger partial charge in [-0.15, -0.1) is 11.3 Å². The molecule has 5 nitrogen and oxygen atoms in total. The Morgan fingerprint density at radius 1 is 1.00 bits per heavy atom. The number of nitrogens with two attached hydrogens (primary N) is 2. The third-order valence-electron chi connectivity index (χ3n) is 4.33. The van der Waals surface area contributed by atoms with Crippen LogP contribution in [0.4, 0.5) is 11.5 Å². The second-order valence-electron chi connectivity index (χ2n) is 6.00. The fourth-order valence-electron chi connectivity index (χ4n) is 2.89. The van der Waals surface area contributed by atoms with Crippen molar-refractivity contribution in [3.63, 3.8) is 0 Å². The fourth-order valence-corrected chi connectivity index (χ4v) is 3.94. The van der Waals surface area contributed by atoms with E-state index in [1.165, 1.54) is 11.3 Å². The molecule has 0 saturated heterocycles. The van der Waals surface area contributed by atoms with Crippen LogP contribution in [-0.2, 0) is 0 Å². The minimum Gasteiger partial charge on any atom is -0.397 e. The number of hydrogen-bond donors (Lipinski definition) is 2. The topological polar surface area (TPSA) is 106 Å². The number of benzene rings is 2. The molecule has 0 amide bonds. The molecular weight excluding hydrogens is 356 g/mol. The number of carbonyl (C=O) groups excluding carboxylic acids is 1. The molecule has 4 aromatic rings. The van der Waals surface area contributed by atoms with Crippen LogP contribution in [-0.4, -0.2) is 10.8 Å². The monoisotopic (exact) mass is 370 g/mol. The van der Waals surface area contributed by atoms with E-state index in [9.17, 15) is 4.79 Å². The third kappa shape index (κ3) is 2.90. The molecular formula is C21H14N4OS. The number of rotatable bonds is 3. The zero-order valence-corrected chi connectivity index (χ0v) is 15.0. The number of fused-ring (bicyclic) bond motifs is 1. The Labute approximate surface area is 159 Å². The minimum atomic E-state index is -0.174. The highest BCUT2D eigenvalue weighted by Crippen LogP contribution is 2.35. The third-order valence-corrected chi connectivity index (χ3v) is 5.45. The van der Waals surface area contributed by atoms with Gasteiger partial charge in [0.1, 0.15) is 21.6 Å². The number of aromatic nitrogens is 1. The van der Waals surface area contributed by atoms with E-state index in [4.69, 9.17) is 16.7 Å². The van der Waals surface area contributed by atoms with Crippen molar-refractivity contribution in [3.05, 3.63) is 76.7 Å². The van der Waals surface area contributed by atoms with Crippen LogP contribution in [0.2, 0.25) is 0 Å². The quantitative estimate of drug-likeness (QED) is 0.525. The van der Waals surface area contributed by atoms with Crippen molar-refractivity contribution < 1.29 is 4.79 Å². The summed E-state index contributed by atoms with van der Waals surface area (Å²) >= 11 is 1.19. The number of carbonyl (C=O) groups is 1. The molecule has 4 N–H and O–H groups in total. The van der Waals surface area contributed by atoms with Crippen LogP contribution in [0.25, 0.3) is 21.3 Å². The van der Waals surface area contributed by atoms with Crippen molar-refractivity contribution in [2.45, 2.75) is 0 Å². The second kappa shape index (κ2) is 6.56. The zero-order chi connectivity index (χ0) is 19.0. The maximum absolute atomic E-state index is 12.9. The van der Waals surface area contributed by atoms with Gasteiger partial charge in [0.15, 0.2) is 0 Å². The van der Waals surface area contributed by atoms with Crippen LogP contribution < -0.4 is 11.5 Å². The summed E-state index contributed by atoms with van der Waals surface area (Å²) in [5, 5.41) is 9.69. The highest BCUT2D eigenvalue weighted by Gasteiger charge is 2.20. The fraction of sp³-hybridized carbons (Fsp3) is 0. The summed E-state index contributed by atoms with van der Waals surface area (Å²) in [4.78, 5) is 18.1. The zero-order valence-electron chi connectivity index (χ0n) is 14.1. The molecule has 6 heteroatoms. The molecule has 0 radical (unpaired) electrons. The van der Waals surface area contributed by atoms with Crippen LogP contribution in [0.3, 0.4) is 0 Å². The minimum absolute atomic E-state index is 0.137. The predicted molar refractivity (Wildman–Crippen MR) is 108 cm³/mol. The first kappa shape index (κ1) is 16.8. The van der Waals surface area contributed by atoms with Gasteiger partial charge in [-0.05, 0) is 17.2 Å². The van der Waals surface area contributed by atoms with Crippen LogP contribution in [0, 0.1) is 11.3 Å². The molecule has 0 aliphatic heterocycles. The van der Waals surface area contributed by atoms with Gasteiger partial charge in [-0.3, -0.25) is 4.79 Å². The first-order chi connectivity index (χ1) is 13.1. The standard InChI is InChI=1S/C21H14N4OS/c22-11-15-10-16-17(23)19(27-21(16)25-20(15)24)18(26)14-8-6-13(7-9-14)12-4-2-1-3-5-12/h1-10H,23H2,(H2,24,25). The van der Waals surface area contributed by atoms with Crippen LogP contribution in [0.5, 0.6) is 0 Å². The molecule has 130 valence electrons. The normalized spacial score (nSPS) is 10.6. The number of thiophene rings is 1. The maximum atomic E-state index is 12.9. The van der Waals surface area contributed by atoms with Crippen molar-refractivity contribution >= 4 is 38.8 Å². The number of ketones is 1. The summed E-state index contributed by atoms with van der Waals surface area (Å²) < 4.78 is 0. The van der Waals surface area contributed by atoms with Gasteiger partial charge in [-0.25, -0.2) is 4.98 Å². The van der Waals surface area contributed by atoms with E-state index in [1.54, 1.807) is 18.2 Å². The summed E-state index contributed by atoms with van der Waals surface area (Å²) in [6.45, 7) is 0. The van der Waals surface area contributed by atoms with Crippen LogP contribution >= 0.6 is 11.3 Å². The average Bonchev–Trinajstić information content (AvgIpc) is 3.03. The molecule has 0 aliphatic rings. The molecule has 2 aromatic carbocycles. The van der Waals surface area contributed by atoms with Gasteiger partial charge in [-0.1, -0.05) is 54.6 Å². The van der Waals surface area contributed by atoms with Crippen LogP contribution in [0.15, 0.2) is 60.7 Å². The van der Waals surface area contributed by atoms with Gasteiger partial charge in [-0.2, -0.15) is 5.26 Å². The molecule has 4 rings (SSSR count). The van der Waals surface area contributed by atoms with E-state index in [2.05, 4.69) is 4.98 Å². The molecule has 2 heterocycles. The first-order valence-corrected chi connectivity index (χ1v) is 8.99. The lowest BCUT2D eigenvalue weighted by atomic mass is 10.0. The Hall–Kier alpha value is -3.69. The molecule has 0 bridgehead atoms. The Kier molecular flexibility index (Phi) is 4.07. The number of nitriles is 1. The maximum Gasteiger partial charge on any atom is 0.205 e. The van der Waals surface area contributed by atoms with Crippen LogP contribution in [0.1, 0.15) is 20.8 Å². The van der Waals surface area contributed by atoms with Gasteiger partial charge in [0, 0.05) is 10.9 Å². The Balaban J connectivity index is 1.73. The summed E-state index contributed by atoms with van der Waals surface area (Å²) in [5.74, 6) is -0.0374. The first-order valence-electron chi connectivity index (χ1n) is 8.17. The number of nitrogens with zero attached hydrogens (tertiary/aromatic N) is 2. The summed E-state index contributed by atoms with van der Waals surface area (Å²) in [6, 6.07) is 20.9. The number of anilines is 2. The number of pyridine rings is 1. The molecule has 0 spiro atoms. The number of hydrogen-bond acceptors (Lipinski definition) is 6. The molecule has 27 heavy (non-hydrogen) atoms.